The standard InChI is InChI=1S/C19H26N2O5/c1-12-8-9-16(25-3)14(10-12)18(23)26-11-17(22)21-19(24)20-15-7-5-4-6-13(15)2/h8-10,13,15H,4-7,11H2,1-3H3,(H2,20,21,22,24)/t13-,15-/m1/s1. The Balaban J connectivity index is 1.82. The van der Waals surface area contributed by atoms with Crippen LogP contribution in [0.3, 0.4) is 0 Å². The molecule has 7 nitrogen and oxygen atoms in total. The lowest BCUT2D eigenvalue weighted by Crippen LogP contribution is -2.48. The minimum atomic E-state index is -0.679. The molecule has 1 aromatic rings. The van der Waals surface area contributed by atoms with Crippen molar-refractivity contribution < 1.29 is 23.9 Å². The van der Waals surface area contributed by atoms with E-state index < -0.39 is 24.5 Å². The van der Waals surface area contributed by atoms with Gasteiger partial charge in [-0.1, -0.05) is 31.4 Å². The van der Waals surface area contributed by atoms with E-state index in [4.69, 9.17) is 9.47 Å². The Labute approximate surface area is 153 Å². The van der Waals surface area contributed by atoms with Crippen LogP contribution < -0.4 is 15.4 Å². The van der Waals surface area contributed by atoms with Crippen LogP contribution in [0, 0.1) is 12.8 Å². The fraction of sp³-hybridized carbons (Fsp3) is 0.526. The van der Waals surface area contributed by atoms with Crippen LogP contribution in [0.2, 0.25) is 0 Å². The highest BCUT2D eigenvalue weighted by atomic mass is 16.5. The third kappa shape index (κ3) is 5.47. The van der Waals surface area contributed by atoms with Crippen LogP contribution in [-0.2, 0) is 9.53 Å². The molecule has 1 aliphatic rings. The van der Waals surface area contributed by atoms with Gasteiger partial charge in [-0.3, -0.25) is 10.1 Å². The summed E-state index contributed by atoms with van der Waals surface area (Å²) in [5.41, 5.74) is 1.10. The molecule has 1 saturated carbocycles. The normalized spacial score (nSPS) is 19.3. The van der Waals surface area contributed by atoms with Gasteiger partial charge in [-0.2, -0.15) is 0 Å². The fourth-order valence-corrected chi connectivity index (χ4v) is 3.09. The van der Waals surface area contributed by atoms with Gasteiger partial charge in [0.1, 0.15) is 11.3 Å². The number of amides is 3. The first-order valence-electron chi connectivity index (χ1n) is 8.82. The molecule has 7 heteroatoms. The molecule has 2 rings (SSSR count). The summed E-state index contributed by atoms with van der Waals surface area (Å²) < 4.78 is 10.1. The second kappa shape index (κ2) is 9.22. The predicted octanol–water partition coefficient (Wildman–Crippen LogP) is 2.56. The lowest BCUT2D eigenvalue weighted by Gasteiger charge is -2.29. The first kappa shape index (κ1) is 19.8. The van der Waals surface area contributed by atoms with Gasteiger partial charge in [0.2, 0.25) is 0 Å². The van der Waals surface area contributed by atoms with Gasteiger partial charge in [0.05, 0.1) is 7.11 Å². The molecule has 0 bridgehead atoms. The SMILES string of the molecule is COc1ccc(C)cc1C(=O)OCC(=O)NC(=O)N[C@@H]1CCCC[C@H]1C. The summed E-state index contributed by atoms with van der Waals surface area (Å²) in [7, 11) is 1.45. The molecule has 0 spiro atoms. The molecule has 1 fully saturated rings. The molecule has 1 aliphatic carbocycles. The van der Waals surface area contributed by atoms with Crippen molar-refractivity contribution in [2.45, 2.75) is 45.6 Å². The van der Waals surface area contributed by atoms with E-state index in [0.717, 1.165) is 31.2 Å². The second-order valence-electron chi connectivity index (χ2n) is 6.67. The Morgan fingerprint density at radius 3 is 2.62 bits per heavy atom. The van der Waals surface area contributed by atoms with E-state index in [0.29, 0.717) is 11.7 Å². The number of aryl methyl sites for hydroxylation is 1. The zero-order chi connectivity index (χ0) is 19.1. The van der Waals surface area contributed by atoms with Crippen molar-refractivity contribution >= 4 is 17.9 Å². The van der Waals surface area contributed by atoms with Crippen LogP contribution in [0.15, 0.2) is 18.2 Å². The predicted molar refractivity (Wildman–Crippen MR) is 96.1 cm³/mol. The van der Waals surface area contributed by atoms with Crippen molar-refractivity contribution in [2.24, 2.45) is 5.92 Å². The minimum Gasteiger partial charge on any atom is -0.496 e. The van der Waals surface area contributed by atoms with Crippen molar-refractivity contribution in [1.82, 2.24) is 10.6 Å². The number of imide groups is 1. The summed E-state index contributed by atoms with van der Waals surface area (Å²) in [5, 5.41) is 5.01. The number of methoxy groups -OCH3 is 1. The molecule has 0 saturated heterocycles. The average Bonchev–Trinajstić information content (AvgIpc) is 2.61. The van der Waals surface area contributed by atoms with E-state index in [1.807, 2.05) is 6.92 Å². The number of urea groups is 1. The highest BCUT2D eigenvalue weighted by molar-refractivity contribution is 5.98. The number of carbonyl (C=O) groups excluding carboxylic acids is 3. The van der Waals surface area contributed by atoms with Gasteiger partial charge in [-0.25, -0.2) is 9.59 Å². The molecule has 0 unspecified atom stereocenters. The number of ether oxygens (including phenoxy) is 2. The zero-order valence-corrected chi connectivity index (χ0v) is 15.5. The highest BCUT2D eigenvalue weighted by Gasteiger charge is 2.23. The van der Waals surface area contributed by atoms with Crippen LogP contribution in [-0.4, -0.2) is 37.7 Å². The van der Waals surface area contributed by atoms with E-state index in [9.17, 15) is 14.4 Å². The second-order valence-corrected chi connectivity index (χ2v) is 6.67. The quantitative estimate of drug-likeness (QED) is 0.785. The van der Waals surface area contributed by atoms with Crippen molar-refractivity contribution in [1.29, 1.82) is 0 Å². The summed E-state index contributed by atoms with van der Waals surface area (Å²) >= 11 is 0. The Hall–Kier alpha value is -2.57. The van der Waals surface area contributed by atoms with Gasteiger partial charge in [-0.15, -0.1) is 0 Å². The molecule has 1 aromatic carbocycles. The summed E-state index contributed by atoms with van der Waals surface area (Å²) in [6.07, 6.45) is 4.21. The fourth-order valence-electron chi connectivity index (χ4n) is 3.09. The maximum Gasteiger partial charge on any atom is 0.342 e. The number of esters is 1. The summed E-state index contributed by atoms with van der Waals surface area (Å²) in [5.74, 6) is -0.603. The van der Waals surface area contributed by atoms with Crippen molar-refractivity contribution in [3.63, 3.8) is 0 Å². The lowest BCUT2D eigenvalue weighted by molar-refractivity contribution is -0.123. The van der Waals surface area contributed by atoms with Gasteiger partial charge in [0.25, 0.3) is 5.91 Å². The minimum absolute atomic E-state index is 0.0654. The number of rotatable bonds is 5. The van der Waals surface area contributed by atoms with Crippen LogP contribution in [0.4, 0.5) is 4.79 Å². The third-order valence-corrected chi connectivity index (χ3v) is 4.59. The molecule has 0 heterocycles. The number of hydrogen-bond acceptors (Lipinski definition) is 5. The molecule has 2 N–H and O–H groups in total. The summed E-state index contributed by atoms with van der Waals surface area (Å²) in [6.45, 7) is 3.38. The molecular formula is C19H26N2O5. The van der Waals surface area contributed by atoms with Gasteiger partial charge < -0.3 is 14.8 Å². The molecule has 0 radical (unpaired) electrons. The Kier molecular flexibility index (Phi) is 7.00. The molecule has 0 aromatic heterocycles. The van der Waals surface area contributed by atoms with E-state index in [1.54, 1.807) is 18.2 Å². The van der Waals surface area contributed by atoms with Gasteiger partial charge in [0, 0.05) is 6.04 Å². The van der Waals surface area contributed by atoms with Crippen LogP contribution in [0.1, 0.15) is 48.5 Å². The molecule has 26 heavy (non-hydrogen) atoms. The lowest BCUT2D eigenvalue weighted by atomic mass is 9.86. The first-order valence-corrected chi connectivity index (χ1v) is 8.82. The van der Waals surface area contributed by atoms with Crippen molar-refractivity contribution in [2.75, 3.05) is 13.7 Å². The Bertz CT molecular complexity index is 674. The zero-order valence-electron chi connectivity index (χ0n) is 15.5. The van der Waals surface area contributed by atoms with Crippen LogP contribution >= 0.6 is 0 Å². The van der Waals surface area contributed by atoms with Crippen molar-refractivity contribution in [3.8, 4) is 5.75 Å². The van der Waals surface area contributed by atoms with Gasteiger partial charge >= 0.3 is 12.0 Å². The largest absolute Gasteiger partial charge is 0.496 e. The number of carbonyl (C=O) groups is 3. The Morgan fingerprint density at radius 1 is 1.19 bits per heavy atom. The molecule has 142 valence electrons. The summed E-state index contributed by atoms with van der Waals surface area (Å²) in [4.78, 5) is 35.9. The van der Waals surface area contributed by atoms with Gasteiger partial charge in [-0.05, 0) is 37.8 Å². The van der Waals surface area contributed by atoms with Crippen LogP contribution in [0.5, 0.6) is 5.75 Å². The van der Waals surface area contributed by atoms with E-state index in [2.05, 4.69) is 17.6 Å². The number of nitrogens with one attached hydrogen (secondary N) is 2. The maximum absolute atomic E-state index is 12.1. The highest BCUT2D eigenvalue weighted by Crippen LogP contribution is 2.23. The average molecular weight is 362 g/mol. The number of hydrogen-bond donors (Lipinski definition) is 2. The third-order valence-electron chi connectivity index (χ3n) is 4.59. The molecule has 0 aliphatic heterocycles. The monoisotopic (exact) mass is 362 g/mol. The van der Waals surface area contributed by atoms with E-state index >= 15 is 0 Å². The smallest absolute Gasteiger partial charge is 0.342 e. The molecule has 2 atom stereocenters. The maximum atomic E-state index is 12.1. The summed E-state index contributed by atoms with van der Waals surface area (Å²) in [6, 6.07) is 4.59. The van der Waals surface area contributed by atoms with E-state index in [-0.39, 0.29) is 11.6 Å². The molecule has 3 amide bonds. The van der Waals surface area contributed by atoms with Crippen molar-refractivity contribution in [3.05, 3.63) is 29.3 Å². The van der Waals surface area contributed by atoms with Crippen LogP contribution in [0.25, 0.3) is 0 Å². The number of benzene rings is 1. The topological polar surface area (TPSA) is 93.7 Å². The Morgan fingerprint density at radius 2 is 1.92 bits per heavy atom. The van der Waals surface area contributed by atoms with Gasteiger partial charge in [0.15, 0.2) is 6.61 Å². The van der Waals surface area contributed by atoms with E-state index in [1.165, 1.54) is 7.11 Å². The molecular weight excluding hydrogens is 336 g/mol. The first-order chi connectivity index (χ1) is 12.4.